The largest absolute Gasteiger partial charge is 0.395 e. The molecule has 0 amide bonds. The molecule has 0 unspecified atom stereocenters. The fourth-order valence-electron chi connectivity index (χ4n) is 2.79. The number of ketones is 2. The first-order chi connectivity index (χ1) is 11.7. The Labute approximate surface area is 138 Å². The smallest absolute Gasteiger partial charge is 0.231 e. The number of aliphatic hydroxyl groups is 2. The van der Waals surface area contributed by atoms with Gasteiger partial charge in [-0.1, -0.05) is 0 Å². The molecule has 7 heteroatoms. The third kappa shape index (κ3) is 2.96. The summed E-state index contributed by atoms with van der Waals surface area (Å²) >= 11 is 0. The maximum absolute atomic E-state index is 12.6. The Morgan fingerprint density at radius 3 is 2.38 bits per heavy atom. The van der Waals surface area contributed by atoms with E-state index in [1.54, 1.807) is 24.4 Å². The first kappa shape index (κ1) is 16.4. The highest BCUT2D eigenvalue weighted by Crippen LogP contribution is 2.25. The molecule has 0 saturated carbocycles. The second kappa shape index (κ2) is 6.96. The summed E-state index contributed by atoms with van der Waals surface area (Å²) < 4.78 is 0. The molecule has 124 valence electrons. The van der Waals surface area contributed by atoms with Crippen LogP contribution in [0.3, 0.4) is 0 Å². The van der Waals surface area contributed by atoms with Gasteiger partial charge in [-0.25, -0.2) is 0 Å². The van der Waals surface area contributed by atoms with Gasteiger partial charge in [0.15, 0.2) is 5.78 Å². The number of carbonyl (C=O) groups excluding carboxylic acids is 2. The summed E-state index contributed by atoms with van der Waals surface area (Å²) in [5.41, 5.74) is 1.55. The Bertz CT molecular complexity index is 785. The van der Waals surface area contributed by atoms with Crippen LogP contribution in [0.1, 0.15) is 37.7 Å². The first-order valence-corrected chi connectivity index (χ1v) is 7.63. The average Bonchev–Trinajstić information content (AvgIpc) is 2.60. The molecule has 7 nitrogen and oxygen atoms in total. The third-order valence-electron chi connectivity index (χ3n) is 3.91. The highest BCUT2D eigenvalue weighted by Gasteiger charge is 2.32. The van der Waals surface area contributed by atoms with Gasteiger partial charge in [0.05, 0.1) is 24.3 Å². The molecule has 3 rings (SSSR count). The fraction of sp³-hybridized carbons (Fsp3) is 0.294. The van der Waals surface area contributed by atoms with E-state index in [1.807, 2.05) is 4.90 Å². The van der Waals surface area contributed by atoms with E-state index in [0.29, 0.717) is 19.6 Å². The van der Waals surface area contributed by atoms with Gasteiger partial charge in [0.2, 0.25) is 5.78 Å². The lowest BCUT2D eigenvalue weighted by molar-refractivity contribution is 0.0971. The Morgan fingerprint density at radius 1 is 0.958 bits per heavy atom. The summed E-state index contributed by atoms with van der Waals surface area (Å²) in [5, 5.41) is 18.1. The highest BCUT2D eigenvalue weighted by atomic mass is 16.3. The molecule has 2 heterocycles. The van der Waals surface area contributed by atoms with Crippen molar-refractivity contribution in [1.29, 1.82) is 0 Å². The summed E-state index contributed by atoms with van der Waals surface area (Å²) in [6, 6.07) is 4.86. The minimum Gasteiger partial charge on any atom is -0.395 e. The van der Waals surface area contributed by atoms with Gasteiger partial charge < -0.3 is 10.2 Å². The van der Waals surface area contributed by atoms with Gasteiger partial charge in [-0.05, 0) is 23.8 Å². The van der Waals surface area contributed by atoms with Crippen LogP contribution in [0.25, 0.3) is 0 Å². The lowest BCUT2D eigenvalue weighted by Crippen LogP contribution is -2.30. The van der Waals surface area contributed by atoms with E-state index in [4.69, 9.17) is 10.2 Å². The second-order valence-electron chi connectivity index (χ2n) is 5.52. The van der Waals surface area contributed by atoms with Crippen LogP contribution in [-0.2, 0) is 6.54 Å². The van der Waals surface area contributed by atoms with Gasteiger partial charge in [0.1, 0.15) is 11.4 Å². The third-order valence-corrected chi connectivity index (χ3v) is 3.91. The maximum Gasteiger partial charge on any atom is 0.231 e. The zero-order chi connectivity index (χ0) is 17.1. The average molecular weight is 327 g/mol. The van der Waals surface area contributed by atoms with Crippen LogP contribution in [0.2, 0.25) is 0 Å². The molecule has 0 bridgehead atoms. The fourth-order valence-corrected chi connectivity index (χ4v) is 2.79. The Morgan fingerprint density at radius 2 is 1.67 bits per heavy atom. The van der Waals surface area contributed by atoms with Crippen molar-refractivity contribution in [3.8, 4) is 0 Å². The van der Waals surface area contributed by atoms with Crippen LogP contribution < -0.4 is 0 Å². The highest BCUT2D eigenvalue weighted by molar-refractivity contribution is 6.26. The van der Waals surface area contributed by atoms with Crippen LogP contribution in [0.15, 0.2) is 30.6 Å². The Balaban J connectivity index is 1.93. The van der Waals surface area contributed by atoms with E-state index in [2.05, 4.69) is 9.97 Å². The minimum atomic E-state index is -0.352. The molecule has 0 fully saturated rings. The van der Waals surface area contributed by atoms with Gasteiger partial charge in [0.25, 0.3) is 0 Å². The van der Waals surface area contributed by atoms with Gasteiger partial charge in [-0.15, -0.1) is 0 Å². The second-order valence-corrected chi connectivity index (χ2v) is 5.52. The molecule has 1 aliphatic carbocycles. The lowest BCUT2D eigenvalue weighted by atomic mass is 9.89. The minimum absolute atomic E-state index is 0.0329. The predicted octanol–water partition coefficient (Wildman–Crippen LogP) is 0.0386. The number of nitrogens with zero attached hydrogens (tertiary/aromatic N) is 3. The number of hydrogen-bond donors (Lipinski definition) is 2. The van der Waals surface area contributed by atoms with Gasteiger partial charge in [0, 0.05) is 32.0 Å². The molecule has 0 atom stereocenters. The topological polar surface area (TPSA) is 104 Å². The molecule has 24 heavy (non-hydrogen) atoms. The van der Waals surface area contributed by atoms with Crippen molar-refractivity contribution < 1.29 is 19.8 Å². The van der Waals surface area contributed by atoms with Gasteiger partial charge in [-0.3, -0.25) is 24.5 Å². The Hall–Kier alpha value is -2.48. The quantitative estimate of drug-likeness (QED) is 0.659. The normalized spacial score (nSPS) is 13.1. The van der Waals surface area contributed by atoms with E-state index >= 15 is 0 Å². The zero-order valence-corrected chi connectivity index (χ0v) is 13.0. The number of pyridine rings is 2. The van der Waals surface area contributed by atoms with Crippen molar-refractivity contribution in [3.05, 3.63) is 58.7 Å². The van der Waals surface area contributed by atoms with Crippen LogP contribution in [0, 0.1) is 0 Å². The van der Waals surface area contributed by atoms with Crippen molar-refractivity contribution in [3.63, 3.8) is 0 Å². The van der Waals surface area contributed by atoms with Crippen LogP contribution >= 0.6 is 0 Å². The first-order valence-electron chi connectivity index (χ1n) is 7.63. The molecule has 0 spiro atoms. The standard InChI is InChI=1S/C17H17N3O4/c21-6-4-20(5-7-22)10-11-8-13-15(19-9-11)17(24)14-12(16(13)23)2-1-3-18-14/h1-3,8-9,21-22H,4-7,10H2. The zero-order valence-electron chi connectivity index (χ0n) is 13.0. The van der Waals surface area contributed by atoms with E-state index in [1.165, 1.54) is 6.20 Å². The van der Waals surface area contributed by atoms with E-state index in [-0.39, 0.29) is 47.3 Å². The monoisotopic (exact) mass is 327 g/mol. The molecular formula is C17H17N3O4. The van der Waals surface area contributed by atoms with Crippen molar-refractivity contribution >= 4 is 11.6 Å². The molecule has 2 aromatic rings. The van der Waals surface area contributed by atoms with E-state index in [9.17, 15) is 9.59 Å². The van der Waals surface area contributed by atoms with Gasteiger partial charge >= 0.3 is 0 Å². The number of fused-ring (bicyclic) bond motifs is 2. The number of hydrogen-bond acceptors (Lipinski definition) is 7. The van der Waals surface area contributed by atoms with Gasteiger partial charge in [-0.2, -0.15) is 0 Å². The molecule has 1 aliphatic rings. The molecule has 0 aliphatic heterocycles. The molecular weight excluding hydrogens is 310 g/mol. The lowest BCUT2D eigenvalue weighted by Gasteiger charge is -2.21. The summed E-state index contributed by atoms with van der Waals surface area (Å²) in [6.07, 6.45) is 3.02. The van der Waals surface area contributed by atoms with Crippen molar-refractivity contribution in [2.75, 3.05) is 26.3 Å². The Kier molecular flexibility index (Phi) is 4.75. The summed E-state index contributed by atoms with van der Waals surface area (Å²) in [5.74, 6) is -0.618. The van der Waals surface area contributed by atoms with Crippen molar-refractivity contribution in [1.82, 2.24) is 14.9 Å². The molecule has 0 radical (unpaired) electrons. The van der Waals surface area contributed by atoms with Crippen molar-refractivity contribution in [2.24, 2.45) is 0 Å². The van der Waals surface area contributed by atoms with E-state index < -0.39 is 0 Å². The van der Waals surface area contributed by atoms with Crippen molar-refractivity contribution in [2.45, 2.75) is 6.54 Å². The number of rotatable bonds is 6. The molecule has 0 saturated heterocycles. The maximum atomic E-state index is 12.6. The SMILES string of the molecule is O=C1c2cccnc2C(=O)c2ncc(CN(CCO)CCO)cc21. The number of aromatic nitrogens is 2. The van der Waals surface area contributed by atoms with Crippen LogP contribution in [0.4, 0.5) is 0 Å². The summed E-state index contributed by atoms with van der Waals surface area (Å²) in [6.45, 7) is 1.15. The number of carbonyl (C=O) groups is 2. The molecule has 2 N–H and O–H groups in total. The van der Waals surface area contributed by atoms with Crippen LogP contribution in [-0.4, -0.2) is 63.0 Å². The summed E-state index contributed by atoms with van der Waals surface area (Å²) in [7, 11) is 0. The molecule has 2 aromatic heterocycles. The number of aliphatic hydroxyl groups excluding tert-OH is 2. The predicted molar refractivity (Wildman–Crippen MR) is 84.8 cm³/mol. The summed E-state index contributed by atoms with van der Waals surface area (Å²) in [4.78, 5) is 35.1. The molecule has 0 aromatic carbocycles. The van der Waals surface area contributed by atoms with Crippen LogP contribution in [0.5, 0.6) is 0 Å². The van der Waals surface area contributed by atoms with E-state index in [0.717, 1.165) is 5.56 Å².